The molecule has 1 N–H and O–H groups in total. The third-order valence-corrected chi connectivity index (χ3v) is 5.42. The first-order chi connectivity index (χ1) is 7.24. The zero-order chi connectivity index (χ0) is 11.6. The second-order valence-corrected chi connectivity index (χ2v) is 6.65. The Bertz CT molecular complexity index is 134. The molecule has 0 spiro atoms. The van der Waals surface area contributed by atoms with Crippen LogP contribution in [0.1, 0.15) is 25.7 Å². The van der Waals surface area contributed by atoms with Crippen LogP contribution in [0.25, 0.3) is 0 Å². The van der Waals surface area contributed by atoms with Gasteiger partial charge < -0.3 is 18.6 Å². The van der Waals surface area contributed by atoms with Gasteiger partial charge in [-0.1, -0.05) is 12.8 Å². The third-order valence-electron chi connectivity index (χ3n) is 2.59. The number of hydrogen-bond acceptors (Lipinski definition) is 4. The van der Waals surface area contributed by atoms with Crippen LogP contribution < -0.4 is 5.32 Å². The molecule has 0 aliphatic carbocycles. The second kappa shape index (κ2) is 9.29. The maximum absolute atomic E-state index is 5.35. The zero-order valence-corrected chi connectivity index (χ0v) is 11.5. The summed E-state index contributed by atoms with van der Waals surface area (Å²) in [5.74, 6) is 0. The van der Waals surface area contributed by atoms with Gasteiger partial charge in [-0.05, 0) is 26.4 Å². The maximum atomic E-state index is 5.35. The molecular formula is C10H25NO3Si. The first-order valence-corrected chi connectivity index (χ1v) is 7.48. The van der Waals surface area contributed by atoms with Crippen molar-refractivity contribution in [3.8, 4) is 0 Å². The molecular weight excluding hydrogens is 210 g/mol. The highest BCUT2D eigenvalue weighted by molar-refractivity contribution is 6.60. The molecule has 0 aromatic rings. The van der Waals surface area contributed by atoms with Crippen LogP contribution in [0.5, 0.6) is 0 Å². The third kappa shape index (κ3) is 6.27. The predicted molar refractivity (Wildman–Crippen MR) is 64.0 cm³/mol. The van der Waals surface area contributed by atoms with E-state index in [1.807, 2.05) is 7.05 Å². The molecule has 0 rings (SSSR count). The Labute approximate surface area is 94.7 Å². The van der Waals surface area contributed by atoms with Gasteiger partial charge in [0.15, 0.2) is 0 Å². The van der Waals surface area contributed by atoms with Gasteiger partial charge in [0.2, 0.25) is 0 Å². The fraction of sp³-hybridized carbons (Fsp3) is 1.00. The number of nitrogens with one attached hydrogen (secondary N) is 1. The molecule has 0 amide bonds. The van der Waals surface area contributed by atoms with Crippen molar-refractivity contribution in [2.75, 3.05) is 34.9 Å². The first-order valence-electron chi connectivity index (χ1n) is 5.54. The Balaban J connectivity index is 3.54. The molecule has 0 radical (unpaired) electrons. The van der Waals surface area contributed by atoms with Crippen molar-refractivity contribution in [2.24, 2.45) is 0 Å². The van der Waals surface area contributed by atoms with Crippen molar-refractivity contribution >= 4 is 8.80 Å². The standard InChI is InChI=1S/C10H25NO3Si/c1-11-9-7-5-6-8-10-15(12-2,13-3)14-4/h11H,5-10H2,1-4H3. The van der Waals surface area contributed by atoms with Gasteiger partial charge in [0.25, 0.3) is 0 Å². The second-order valence-electron chi connectivity index (χ2n) is 3.56. The minimum absolute atomic E-state index is 0.913. The molecule has 0 aromatic heterocycles. The molecule has 0 aliphatic rings. The fourth-order valence-electron chi connectivity index (χ4n) is 1.55. The van der Waals surface area contributed by atoms with Gasteiger partial charge in [-0.2, -0.15) is 0 Å². The Morgan fingerprint density at radius 3 is 1.87 bits per heavy atom. The van der Waals surface area contributed by atoms with Crippen molar-refractivity contribution in [2.45, 2.75) is 31.7 Å². The predicted octanol–water partition coefficient (Wildman–Crippen LogP) is 1.64. The van der Waals surface area contributed by atoms with E-state index in [1.165, 1.54) is 19.3 Å². The molecule has 0 aromatic carbocycles. The lowest BCUT2D eigenvalue weighted by atomic mass is 10.2. The van der Waals surface area contributed by atoms with Crippen LogP contribution in [0, 0.1) is 0 Å². The van der Waals surface area contributed by atoms with Gasteiger partial charge in [0, 0.05) is 27.4 Å². The Kier molecular flexibility index (Phi) is 9.33. The highest BCUT2D eigenvalue weighted by atomic mass is 28.4. The van der Waals surface area contributed by atoms with Crippen molar-refractivity contribution < 1.29 is 13.3 Å². The quantitative estimate of drug-likeness (QED) is 0.462. The molecule has 0 atom stereocenters. The normalized spacial score (nSPS) is 12.0. The SMILES string of the molecule is CNCCCCCC[Si](OC)(OC)OC. The summed E-state index contributed by atoms with van der Waals surface area (Å²) in [6, 6.07) is 0.913. The van der Waals surface area contributed by atoms with E-state index in [0.717, 1.165) is 19.0 Å². The van der Waals surface area contributed by atoms with Gasteiger partial charge in [0.05, 0.1) is 0 Å². The Hall–Kier alpha value is 0.0569. The van der Waals surface area contributed by atoms with E-state index in [2.05, 4.69) is 5.32 Å². The summed E-state index contributed by atoms with van der Waals surface area (Å²) in [6.45, 7) is 1.10. The number of hydrogen-bond donors (Lipinski definition) is 1. The van der Waals surface area contributed by atoms with Crippen molar-refractivity contribution in [3.05, 3.63) is 0 Å². The summed E-state index contributed by atoms with van der Waals surface area (Å²) in [7, 11) is 4.68. The molecule has 92 valence electrons. The molecule has 15 heavy (non-hydrogen) atoms. The lowest BCUT2D eigenvalue weighted by Gasteiger charge is -2.24. The van der Waals surface area contributed by atoms with E-state index in [-0.39, 0.29) is 0 Å². The molecule has 4 nitrogen and oxygen atoms in total. The summed E-state index contributed by atoms with van der Waals surface area (Å²) < 4.78 is 16.0. The van der Waals surface area contributed by atoms with Crippen molar-refractivity contribution in [1.29, 1.82) is 0 Å². The van der Waals surface area contributed by atoms with Crippen LogP contribution in [-0.4, -0.2) is 43.7 Å². The molecule has 0 fully saturated rings. The van der Waals surface area contributed by atoms with E-state index < -0.39 is 8.80 Å². The summed E-state index contributed by atoms with van der Waals surface area (Å²) in [5, 5.41) is 3.14. The zero-order valence-electron chi connectivity index (χ0n) is 10.5. The highest BCUT2D eigenvalue weighted by Crippen LogP contribution is 2.17. The highest BCUT2D eigenvalue weighted by Gasteiger charge is 2.36. The molecule has 0 saturated heterocycles. The lowest BCUT2D eigenvalue weighted by molar-refractivity contribution is 0.122. The van der Waals surface area contributed by atoms with Gasteiger partial charge >= 0.3 is 8.80 Å². The number of rotatable bonds is 10. The fourth-order valence-corrected chi connectivity index (χ4v) is 3.35. The van der Waals surface area contributed by atoms with Crippen LogP contribution >= 0.6 is 0 Å². The minimum atomic E-state index is -2.30. The average molecular weight is 235 g/mol. The Morgan fingerprint density at radius 1 is 0.867 bits per heavy atom. The Morgan fingerprint density at radius 2 is 1.40 bits per heavy atom. The average Bonchev–Trinajstić information content (AvgIpc) is 2.29. The lowest BCUT2D eigenvalue weighted by Crippen LogP contribution is -2.42. The number of unbranched alkanes of at least 4 members (excludes halogenated alkanes) is 3. The smallest absolute Gasteiger partial charge is 0.377 e. The van der Waals surface area contributed by atoms with Gasteiger partial charge in [-0.3, -0.25) is 0 Å². The summed E-state index contributed by atoms with van der Waals surface area (Å²) in [5.41, 5.74) is 0. The van der Waals surface area contributed by atoms with Crippen LogP contribution in [-0.2, 0) is 13.3 Å². The van der Waals surface area contributed by atoms with E-state index in [4.69, 9.17) is 13.3 Å². The molecule has 0 unspecified atom stereocenters. The van der Waals surface area contributed by atoms with E-state index in [1.54, 1.807) is 21.3 Å². The summed E-state index contributed by atoms with van der Waals surface area (Å²) in [4.78, 5) is 0. The van der Waals surface area contributed by atoms with Crippen LogP contribution in [0.15, 0.2) is 0 Å². The van der Waals surface area contributed by atoms with Crippen molar-refractivity contribution in [3.63, 3.8) is 0 Å². The summed E-state index contributed by atoms with van der Waals surface area (Å²) >= 11 is 0. The van der Waals surface area contributed by atoms with Crippen molar-refractivity contribution in [1.82, 2.24) is 5.32 Å². The molecule has 0 saturated carbocycles. The molecule has 0 heterocycles. The summed E-state index contributed by atoms with van der Waals surface area (Å²) in [6.07, 6.45) is 4.82. The van der Waals surface area contributed by atoms with Crippen LogP contribution in [0.3, 0.4) is 0 Å². The van der Waals surface area contributed by atoms with Crippen LogP contribution in [0.4, 0.5) is 0 Å². The van der Waals surface area contributed by atoms with Crippen LogP contribution in [0.2, 0.25) is 6.04 Å². The largest absolute Gasteiger partial charge is 0.500 e. The van der Waals surface area contributed by atoms with Gasteiger partial charge in [-0.15, -0.1) is 0 Å². The first kappa shape index (κ1) is 15.1. The molecule has 5 heteroatoms. The monoisotopic (exact) mass is 235 g/mol. The van der Waals surface area contributed by atoms with Gasteiger partial charge in [-0.25, -0.2) is 0 Å². The maximum Gasteiger partial charge on any atom is 0.500 e. The van der Waals surface area contributed by atoms with E-state index in [0.29, 0.717) is 0 Å². The van der Waals surface area contributed by atoms with Gasteiger partial charge in [0.1, 0.15) is 0 Å². The molecule has 0 bridgehead atoms. The minimum Gasteiger partial charge on any atom is -0.377 e. The topological polar surface area (TPSA) is 39.7 Å². The molecule has 0 aliphatic heterocycles. The van der Waals surface area contributed by atoms with E-state index in [9.17, 15) is 0 Å². The van der Waals surface area contributed by atoms with E-state index >= 15 is 0 Å².